The van der Waals surface area contributed by atoms with Crippen LogP contribution >= 0.6 is 35.0 Å². The molecule has 0 aliphatic carbocycles. The van der Waals surface area contributed by atoms with E-state index in [1.165, 1.54) is 0 Å². The van der Waals surface area contributed by atoms with Crippen LogP contribution in [-0.4, -0.2) is 36.3 Å². The van der Waals surface area contributed by atoms with Gasteiger partial charge in [-0.05, 0) is 41.6 Å². The Morgan fingerprint density at radius 3 is 2.68 bits per heavy atom. The number of rotatable bonds is 4. The molecular weight excluding hydrogens is 377 g/mol. The minimum Gasteiger partial charge on any atom is -0.370 e. The van der Waals surface area contributed by atoms with E-state index in [4.69, 9.17) is 27.9 Å². The number of benzene rings is 2. The molecule has 0 aromatic heterocycles. The minimum atomic E-state index is -0.222. The van der Waals surface area contributed by atoms with Crippen molar-refractivity contribution in [2.24, 2.45) is 0 Å². The molecule has 1 aliphatic rings. The topological polar surface area (TPSA) is 29.5 Å². The molecule has 0 spiro atoms. The van der Waals surface area contributed by atoms with Crippen LogP contribution in [0.1, 0.15) is 28.9 Å². The van der Waals surface area contributed by atoms with Gasteiger partial charge in [0.15, 0.2) is 0 Å². The Bertz CT molecular complexity index is 749. The zero-order valence-corrected chi connectivity index (χ0v) is 16.2. The Balaban J connectivity index is 1.80. The van der Waals surface area contributed by atoms with E-state index in [1.54, 1.807) is 17.8 Å². The van der Waals surface area contributed by atoms with Crippen LogP contribution < -0.4 is 0 Å². The number of carbonyl (C=O) groups excluding carboxylic acids is 1. The summed E-state index contributed by atoms with van der Waals surface area (Å²) in [5, 5.41) is 1.14. The van der Waals surface area contributed by atoms with Crippen molar-refractivity contribution in [2.45, 2.75) is 17.9 Å². The van der Waals surface area contributed by atoms with Crippen molar-refractivity contribution in [3.05, 3.63) is 63.6 Å². The Morgan fingerprint density at radius 1 is 1.24 bits per heavy atom. The highest BCUT2D eigenvalue weighted by Gasteiger charge is 2.27. The van der Waals surface area contributed by atoms with Crippen LogP contribution in [0.4, 0.5) is 0 Å². The largest absolute Gasteiger partial charge is 0.370 e. The monoisotopic (exact) mass is 395 g/mol. The predicted octanol–water partition coefficient (Wildman–Crippen LogP) is 5.32. The van der Waals surface area contributed by atoms with Crippen LogP contribution in [0.3, 0.4) is 0 Å². The van der Waals surface area contributed by atoms with Gasteiger partial charge in [-0.3, -0.25) is 4.79 Å². The summed E-state index contributed by atoms with van der Waals surface area (Å²) < 4.78 is 5.85. The molecule has 2 aromatic carbocycles. The molecule has 1 fully saturated rings. The molecule has 1 saturated heterocycles. The van der Waals surface area contributed by atoms with Gasteiger partial charge in [0.25, 0.3) is 5.91 Å². The first-order valence-electron chi connectivity index (χ1n) is 8.17. The molecule has 1 atom stereocenters. The molecule has 6 heteroatoms. The SMILES string of the molecule is CCSc1ccccc1C(=O)N1CCOC(c2cc(Cl)cc(Cl)c2)C1. The summed E-state index contributed by atoms with van der Waals surface area (Å²) in [7, 11) is 0. The molecule has 25 heavy (non-hydrogen) atoms. The van der Waals surface area contributed by atoms with Gasteiger partial charge in [0.2, 0.25) is 0 Å². The lowest BCUT2D eigenvalue weighted by molar-refractivity contribution is -0.0229. The molecule has 132 valence electrons. The maximum atomic E-state index is 13.0. The number of carbonyl (C=O) groups is 1. The van der Waals surface area contributed by atoms with E-state index >= 15 is 0 Å². The van der Waals surface area contributed by atoms with Crippen molar-refractivity contribution in [2.75, 3.05) is 25.4 Å². The molecule has 1 heterocycles. The van der Waals surface area contributed by atoms with Crippen molar-refractivity contribution < 1.29 is 9.53 Å². The second-order valence-electron chi connectivity index (χ2n) is 5.74. The zero-order valence-electron chi connectivity index (χ0n) is 13.9. The second-order valence-corrected chi connectivity index (χ2v) is 7.92. The van der Waals surface area contributed by atoms with Crippen LogP contribution in [0.15, 0.2) is 47.4 Å². The van der Waals surface area contributed by atoms with Crippen molar-refractivity contribution in [3.63, 3.8) is 0 Å². The summed E-state index contributed by atoms with van der Waals surface area (Å²) >= 11 is 13.9. The second kappa shape index (κ2) is 8.45. The summed E-state index contributed by atoms with van der Waals surface area (Å²) in [4.78, 5) is 15.9. The van der Waals surface area contributed by atoms with Gasteiger partial charge in [0, 0.05) is 21.5 Å². The van der Waals surface area contributed by atoms with Gasteiger partial charge in [0.1, 0.15) is 6.10 Å². The van der Waals surface area contributed by atoms with Gasteiger partial charge in [0.05, 0.1) is 18.7 Å². The number of amides is 1. The maximum absolute atomic E-state index is 13.0. The normalized spacial score (nSPS) is 17.6. The van der Waals surface area contributed by atoms with E-state index in [0.717, 1.165) is 21.8 Å². The summed E-state index contributed by atoms with van der Waals surface area (Å²) in [6.07, 6.45) is -0.222. The van der Waals surface area contributed by atoms with E-state index in [-0.39, 0.29) is 12.0 Å². The molecule has 3 rings (SSSR count). The quantitative estimate of drug-likeness (QED) is 0.656. The number of nitrogens with zero attached hydrogens (tertiary/aromatic N) is 1. The first kappa shape index (κ1) is 18.6. The molecule has 1 aliphatic heterocycles. The summed E-state index contributed by atoms with van der Waals surface area (Å²) in [6, 6.07) is 13.1. The van der Waals surface area contributed by atoms with E-state index in [0.29, 0.717) is 29.7 Å². The fraction of sp³-hybridized carbons (Fsp3) is 0.316. The Kier molecular flexibility index (Phi) is 6.29. The number of ether oxygens (including phenoxy) is 1. The highest BCUT2D eigenvalue weighted by atomic mass is 35.5. The predicted molar refractivity (Wildman–Crippen MR) is 104 cm³/mol. The third kappa shape index (κ3) is 4.50. The third-order valence-corrected chi connectivity index (χ3v) is 5.42. The average Bonchev–Trinajstić information content (AvgIpc) is 2.61. The van der Waals surface area contributed by atoms with Crippen LogP contribution in [0, 0.1) is 0 Å². The number of thioether (sulfide) groups is 1. The van der Waals surface area contributed by atoms with Crippen molar-refractivity contribution in [1.82, 2.24) is 4.90 Å². The van der Waals surface area contributed by atoms with Crippen LogP contribution in [0.25, 0.3) is 0 Å². The van der Waals surface area contributed by atoms with Crippen molar-refractivity contribution >= 4 is 40.9 Å². The lowest BCUT2D eigenvalue weighted by Gasteiger charge is -2.33. The fourth-order valence-electron chi connectivity index (χ4n) is 2.89. The smallest absolute Gasteiger partial charge is 0.255 e. The summed E-state index contributed by atoms with van der Waals surface area (Å²) in [6.45, 7) is 3.64. The van der Waals surface area contributed by atoms with Gasteiger partial charge in [-0.25, -0.2) is 0 Å². The number of hydrogen-bond acceptors (Lipinski definition) is 3. The zero-order chi connectivity index (χ0) is 17.8. The third-order valence-electron chi connectivity index (χ3n) is 4.03. The number of hydrogen-bond donors (Lipinski definition) is 0. The first-order chi connectivity index (χ1) is 12.1. The summed E-state index contributed by atoms with van der Waals surface area (Å²) in [5.74, 6) is 0.967. The minimum absolute atomic E-state index is 0.0398. The standard InChI is InChI=1S/C19H19Cl2NO2S/c1-2-25-18-6-4-3-5-16(18)19(23)22-7-8-24-17(12-22)13-9-14(20)11-15(21)10-13/h3-6,9-11,17H,2,7-8,12H2,1H3. The van der Waals surface area contributed by atoms with Crippen LogP contribution in [-0.2, 0) is 4.74 Å². The number of morpholine rings is 1. The number of halogens is 2. The Hall–Kier alpha value is -1.20. The highest BCUT2D eigenvalue weighted by molar-refractivity contribution is 7.99. The molecule has 2 aromatic rings. The molecule has 1 unspecified atom stereocenters. The highest BCUT2D eigenvalue weighted by Crippen LogP contribution is 2.30. The molecule has 3 nitrogen and oxygen atoms in total. The fourth-order valence-corrected chi connectivity index (χ4v) is 4.23. The lowest BCUT2D eigenvalue weighted by Crippen LogP contribution is -2.42. The van der Waals surface area contributed by atoms with Gasteiger partial charge in [-0.2, -0.15) is 0 Å². The molecule has 0 radical (unpaired) electrons. The van der Waals surface area contributed by atoms with Gasteiger partial charge in [-0.1, -0.05) is 42.3 Å². The molecular formula is C19H19Cl2NO2S. The first-order valence-corrected chi connectivity index (χ1v) is 9.91. The van der Waals surface area contributed by atoms with Gasteiger partial charge < -0.3 is 9.64 Å². The van der Waals surface area contributed by atoms with Crippen LogP contribution in [0.5, 0.6) is 0 Å². The Morgan fingerprint density at radius 2 is 1.96 bits per heavy atom. The molecule has 0 bridgehead atoms. The van der Waals surface area contributed by atoms with Crippen molar-refractivity contribution in [1.29, 1.82) is 0 Å². The molecule has 0 saturated carbocycles. The average molecular weight is 396 g/mol. The Labute approximate surface area is 162 Å². The van der Waals surface area contributed by atoms with E-state index in [9.17, 15) is 4.79 Å². The maximum Gasteiger partial charge on any atom is 0.255 e. The van der Waals surface area contributed by atoms with E-state index < -0.39 is 0 Å². The van der Waals surface area contributed by atoms with E-state index in [1.807, 2.05) is 41.3 Å². The molecule has 0 N–H and O–H groups in total. The van der Waals surface area contributed by atoms with Crippen LogP contribution in [0.2, 0.25) is 10.0 Å². The van der Waals surface area contributed by atoms with Gasteiger partial charge in [-0.15, -0.1) is 11.8 Å². The van der Waals surface area contributed by atoms with E-state index in [2.05, 4.69) is 6.92 Å². The lowest BCUT2D eigenvalue weighted by atomic mass is 10.1. The summed E-state index contributed by atoms with van der Waals surface area (Å²) in [5.41, 5.74) is 1.64. The van der Waals surface area contributed by atoms with Crippen molar-refractivity contribution in [3.8, 4) is 0 Å². The van der Waals surface area contributed by atoms with Gasteiger partial charge >= 0.3 is 0 Å². The molecule has 1 amide bonds.